The molecule has 0 saturated carbocycles. The quantitative estimate of drug-likeness (QED) is 0.181. The number of benzene rings is 1. The molecule has 3 N–H and O–H groups in total. The maximum absolute atomic E-state index is 15.8. The highest BCUT2D eigenvalue weighted by molar-refractivity contribution is 7.18. The van der Waals surface area contributed by atoms with Gasteiger partial charge in [0.1, 0.15) is 41.2 Å². The molecule has 0 aliphatic carbocycles. The van der Waals surface area contributed by atoms with Crippen molar-refractivity contribution in [3.05, 3.63) is 59.6 Å². The van der Waals surface area contributed by atoms with Crippen molar-refractivity contribution in [1.29, 1.82) is 0 Å². The number of aromatic nitrogens is 3. The molecule has 5 heterocycles. The number of hydrogen-bond acceptors (Lipinski definition) is 8. The second kappa shape index (κ2) is 11.4. The van der Waals surface area contributed by atoms with E-state index in [9.17, 15) is 14.0 Å². The summed E-state index contributed by atoms with van der Waals surface area (Å²) < 4.78 is 41.9. The van der Waals surface area contributed by atoms with Gasteiger partial charge in [-0.2, -0.15) is 5.10 Å². The lowest BCUT2D eigenvalue weighted by Gasteiger charge is -2.48. The van der Waals surface area contributed by atoms with Crippen LogP contribution in [0.5, 0.6) is 5.75 Å². The van der Waals surface area contributed by atoms with Gasteiger partial charge >= 0.3 is 0 Å². The Morgan fingerprint density at radius 3 is 2.81 bits per heavy atom. The third kappa shape index (κ3) is 5.34. The Balaban J connectivity index is 1.52. The first-order valence-corrected chi connectivity index (χ1v) is 14.6. The minimum atomic E-state index is -0.807. The largest absolute Gasteiger partial charge is 0.490 e. The molecule has 3 aromatic heterocycles. The van der Waals surface area contributed by atoms with Crippen molar-refractivity contribution in [1.82, 2.24) is 25.8 Å². The molecule has 10 nitrogen and oxygen atoms in total. The molecule has 43 heavy (non-hydrogen) atoms. The minimum Gasteiger partial charge on any atom is -0.490 e. The number of H-pyrrole nitrogens is 1. The molecular formula is C30H30F2N6O4S. The van der Waals surface area contributed by atoms with Crippen molar-refractivity contribution in [2.75, 3.05) is 44.9 Å². The highest BCUT2D eigenvalue weighted by Gasteiger charge is 2.49. The number of fused-ring (bicyclic) bond motifs is 1. The van der Waals surface area contributed by atoms with Crippen LogP contribution >= 0.6 is 11.3 Å². The number of pyridine rings is 1. The predicted octanol–water partition coefficient (Wildman–Crippen LogP) is 4.35. The van der Waals surface area contributed by atoms with Gasteiger partial charge in [0.15, 0.2) is 0 Å². The zero-order chi connectivity index (χ0) is 30.3. The van der Waals surface area contributed by atoms with Crippen LogP contribution in [-0.4, -0.2) is 67.0 Å². The molecule has 2 aliphatic rings. The molecule has 1 atom stereocenters. The van der Waals surface area contributed by atoms with E-state index >= 15 is 4.39 Å². The van der Waals surface area contributed by atoms with Crippen molar-refractivity contribution < 1.29 is 27.8 Å². The van der Waals surface area contributed by atoms with Gasteiger partial charge in [0.2, 0.25) is 11.8 Å². The molecule has 4 aromatic rings. The minimum absolute atomic E-state index is 0.0147. The van der Waals surface area contributed by atoms with Gasteiger partial charge in [-0.25, -0.2) is 13.8 Å². The Labute approximate surface area is 250 Å². The number of carbonyl (C=O) groups excluding carboxylic acids is 2. The van der Waals surface area contributed by atoms with Crippen molar-refractivity contribution in [3.8, 4) is 28.3 Å². The summed E-state index contributed by atoms with van der Waals surface area (Å²) in [5.74, 6) is -1.19. The Morgan fingerprint density at radius 2 is 2.09 bits per heavy atom. The van der Waals surface area contributed by atoms with Crippen molar-refractivity contribution in [2.24, 2.45) is 5.41 Å². The van der Waals surface area contributed by atoms with E-state index in [2.05, 4.69) is 32.3 Å². The predicted molar refractivity (Wildman–Crippen MR) is 159 cm³/mol. The number of anilines is 1. The third-order valence-electron chi connectivity index (χ3n) is 7.80. The average molecular weight is 609 g/mol. The van der Waals surface area contributed by atoms with E-state index in [0.29, 0.717) is 54.5 Å². The van der Waals surface area contributed by atoms with E-state index in [1.54, 1.807) is 13.0 Å². The van der Waals surface area contributed by atoms with Crippen LogP contribution in [0.4, 0.5) is 14.6 Å². The third-order valence-corrected chi connectivity index (χ3v) is 8.73. The molecule has 1 aromatic carbocycles. The number of hydrogen-bond donors (Lipinski definition) is 3. The van der Waals surface area contributed by atoms with E-state index in [4.69, 9.17) is 14.5 Å². The fourth-order valence-corrected chi connectivity index (χ4v) is 6.67. The smallest absolute Gasteiger partial charge is 0.243 e. The summed E-state index contributed by atoms with van der Waals surface area (Å²) in [6.07, 6.45) is 1.64. The van der Waals surface area contributed by atoms with Crippen molar-refractivity contribution in [2.45, 2.75) is 19.4 Å². The van der Waals surface area contributed by atoms with Gasteiger partial charge < -0.3 is 25.0 Å². The molecule has 2 fully saturated rings. The van der Waals surface area contributed by atoms with Crippen molar-refractivity contribution >= 4 is 39.1 Å². The Bertz CT molecular complexity index is 1730. The molecule has 6 rings (SSSR count). The van der Waals surface area contributed by atoms with Crippen LogP contribution in [0.2, 0.25) is 0 Å². The maximum atomic E-state index is 15.8. The lowest BCUT2D eigenvalue weighted by molar-refractivity contribution is -0.120. The number of aromatic amines is 1. The molecule has 0 radical (unpaired) electrons. The summed E-state index contributed by atoms with van der Waals surface area (Å²) in [5.41, 5.74) is 1.68. The summed E-state index contributed by atoms with van der Waals surface area (Å²) in [5, 5.41) is 15.9. The Kier molecular flexibility index (Phi) is 7.61. The second-order valence-corrected chi connectivity index (χ2v) is 11.8. The Morgan fingerprint density at radius 1 is 1.28 bits per heavy atom. The highest BCUT2D eigenvalue weighted by Crippen LogP contribution is 2.49. The summed E-state index contributed by atoms with van der Waals surface area (Å²) in [6, 6.07) is 5.21. The van der Waals surface area contributed by atoms with Crippen LogP contribution in [0, 0.1) is 17.0 Å². The molecular weight excluding hydrogens is 578 g/mol. The van der Waals surface area contributed by atoms with Gasteiger partial charge in [0, 0.05) is 66.4 Å². The molecule has 224 valence electrons. The number of nitrogens with zero attached hydrogens (tertiary/aromatic N) is 3. The van der Waals surface area contributed by atoms with Gasteiger partial charge in [0.25, 0.3) is 0 Å². The second-order valence-electron chi connectivity index (χ2n) is 10.9. The molecule has 13 heteroatoms. The lowest BCUT2D eigenvalue weighted by Crippen LogP contribution is -2.57. The molecule has 1 unspecified atom stereocenters. The van der Waals surface area contributed by atoms with E-state index in [1.807, 2.05) is 11.4 Å². The van der Waals surface area contributed by atoms with E-state index < -0.39 is 17.7 Å². The van der Waals surface area contributed by atoms with Crippen LogP contribution < -0.4 is 20.3 Å². The summed E-state index contributed by atoms with van der Waals surface area (Å²) in [6.45, 7) is 7.47. The fraction of sp³-hybridized carbons (Fsp3) is 0.333. The topological polar surface area (TPSA) is 121 Å². The molecule has 1 spiro atoms. The van der Waals surface area contributed by atoms with Gasteiger partial charge in [-0.1, -0.05) is 6.58 Å². The summed E-state index contributed by atoms with van der Waals surface area (Å²) >= 11 is 1.40. The van der Waals surface area contributed by atoms with Gasteiger partial charge in [-0.15, -0.1) is 11.3 Å². The maximum Gasteiger partial charge on any atom is 0.243 e. The first-order chi connectivity index (χ1) is 20.7. The van der Waals surface area contributed by atoms with Gasteiger partial charge in [-0.3, -0.25) is 14.7 Å². The van der Waals surface area contributed by atoms with Crippen molar-refractivity contribution in [3.63, 3.8) is 0 Å². The first-order valence-electron chi connectivity index (χ1n) is 13.7. The summed E-state index contributed by atoms with van der Waals surface area (Å²) in [7, 11) is 1.51. The van der Waals surface area contributed by atoms with Gasteiger partial charge in [-0.05, 0) is 30.5 Å². The monoisotopic (exact) mass is 608 g/mol. The number of rotatable bonds is 10. The number of amides is 2. The number of methoxy groups -OCH3 is 1. The number of ether oxygens (including phenoxy) is 2. The van der Waals surface area contributed by atoms with Crippen LogP contribution in [0.25, 0.3) is 32.6 Å². The van der Waals surface area contributed by atoms with E-state index in [0.717, 1.165) is 22.2 Å². The molecule has 2 amide bonds. The zero-order valence-corrected chi connectivity index (χ0v) is 24.4. The van der Waals surface area contributed by atoms with Crippen LogP contribution in [-0.2, 0) is 14.3 Å². The molecule has 2 aliphatic heterocycles. The van der Waals surface area contributed by atoms with Gasteiger partial charge in [0.05, 0.1) is 23.9 Å². The van der Waals surface area contributed by atoms with E-state index in [-0.39, 0.29) is 41.8 Å². The first kappa shape index (κ1) is 28.7. The highest BCUT2D eigenvalue weighted by atomic mass is 32.1. The summed E-state index contributed by atoms with van der Waals surface area (Å²) in [4.78, 5) is 31.1. The number of thiophene rings is 1. The normalized spacial score (nSPS) is 16.3. The van der Waals surface area contributed by atoms with Crippen LogP contribution in [0.1, 0.15) is 25.1 Å². The fourth-order valence-electron chi connectivity index (χ4n) is 5.73. The number of carbonyl (C=O) groups is 2. The zero-order valence-electron chi connectivity index (χ0n) is 23.6. The van der Waals surface area contributed by atoms with E-state index in [1.165, 1.54) is 24.5 Å². The number of nitrogens with one attached hydrogen (secondary N) is 3. The van der Waals surface area contributed by atoms with Crippen LogP contribution in [0.15, 0.2) is 42.3 Å². The van der Waals surface area contributed by atoms with Crippen LogP contribution in [0.3, 0.4) is 0 Å². The average Bonchev–Trinajstić information content (AvgIpc) is 3.72. The Hall–Kier alpha value is -4.36. The SMILES string of the molecule is C=CC(=O)NC(C)c1cc(-c2nc(N3CC4(CNC(=O)C4)C3)c3ccsc3c2-c2c(F)cc(F)cc2OCCOC)n[nH]1. The lowest BCUT2D eigenvalue weighted by atomic mass is 9.79. The number of halogens is 2. The standard InChI is InChI=1S/C30H30F2N6O4S/c1-4-23(39)34-16(2)20-11-21(37-36-20)27-26(25-19(32)9-17(31)10-22(25)42-7-6-41-3)28-18(5-8-43-28)29(35-27)38-14-30(15-38)12-24(40)33-13-30/h4-5,8-11,16H,1,6-7,12-15H2,2-3H3,(H,33,40)(H,34,39)(H,36,37). The molecule has 2 saturated heterocycles. The molecule has 0 bridgehead atoms.